The van der Waals surface area contributed by atoms with Crippen molar-refractivity contribution in [1.82, 2.24) is 15.5 Å². The normalized spacial score (nSPS) is 15.2. The van der Waals surface area contributed by atoms with E-state index in [0.717, 1.165) is 38.3 Å². The van der Waals surface area contributed by atoms with Crippen LogP contribution >= 0.6 is 23.2 Å². The van der Waals surface area contributed by atoms with Crippen molar-refractivity contribution in [3.63, 3.8) is 0 Å². The molecule has 2 aromatic carbocycles. The van der Waals surface area contributed by atoms with Crippen molar-refractivity contribution in [3.05, 3.63) is 63.1 Å². The van der Waals surface area contributed by atoms with Gasteiger partial charge in [-0.2, -0.15) is 0 Å². The smallest absolute Gasteiger partial charge is 0.251 e. The average molecular weight is 470 g/mol. The number of carbonyl (C=O) groups is 1. The zero-order chi connectivity index (χ0) is 21.7. The highest BCUT2D eigenvalue weighted by molar-refractivity contribution is 7.91. The molecule has 0 spiro atoms. The van der Waals surface area contributed by atoms with Crippen LogP contribution in [-0.4, -0.2) is 51.2 Å². The molecule has 2 N–H and O–H groups in total. The quantitative estimate of drug-likeness (QED) is 0.650. The maximum Gasteiger partial charge on any atom is 0.251 e. The molecule has 3 rings (SSSR count). The van der Waals surface area contributed by atoms with Crippen molar-refractivity contribution < 1.29 is 13.2 Å². The highest BCUT2D eigenvalue weighted by Crippen LogP contribution is 2.23. The molecule has 162 valence electrons. The Balaban J connectivity index is 1.70. The second kappa shape index (κ2) is 10.1. The zero-order valence-electron chi connectivity index (χ0n) is 16.7. The van der Waals surface area contributed by atoms with Gasteiger partial charge >= 0.3 is 0 Å². The Labute approximate surface area is 187 Å². The van der Waals surface area contributed by atoms with Gasteiger partial charge in [-0.15, -0.1) is 0 Å². The third-order valence-electron chi connectivity index (χ3n) is 5.10. The van der Waals surface area contributed by atoms with Crippen LogP contribution in [0, 0.1) is 0 Å². The second-order valence-electron chi connectivity index (χ2n) is 7.17. The first-order chi connectivity index (χ1) is 14.3. The highest BCUT2D eigenvalue weighted by Gasteiger charge is 2.18. The molecular weight excluding hydrogens is 445 g/mol. The van der Waals surface area contributed by atoms with E-state index < -0.39 is 9.84 Å². The molecule has 30 heavy (non-hydrogen) atoms. The predicted octanol–water partition coefficient (Wildman–Crippen LogP) is 3.12. The lowest BCUT2D eigenvalue weighted by atomic mass is 10.1. The van der Waals surface area contributed by atoms with Gasteiger partial charge in [0.15, 0.2) is 9.84 Å². The summed E-state index contributed by atoms with van der Waals surface area (Å²) in [6, 6.07) is 9.83. The predicted molar refractivity (Wildman–Crippen MR) is 120 cm³/mol. The van der Waals surface area contributed by atoms with Crippen LogP contribution < -0.4 is 10.6 Å². The minimum absolute atomic E-state index is 0.0280. The molecule has 0 bridgehead atoms. The second-order valence-corrected chi connectivity index (χ2v) is 10.3. The van der Waals surface area contributed by atoms with Crippen molar-refractivity contribution in [2.45, 2.75) is 24.9 Å². The lowest BCUT2D eigenvalue weighted by molar-refractivity contribution is 0.0950. The first kappa shape index (κ1) is 23.0. The molecule has 1 heterocycles. The molecule has 1 aliphatic rings. The average Bonchev–Trinajstić information content (AvgIpc) is 2.74. The fraction of sp³-hybridized carbons (Fsp3) is 0.381. The number of carbonyl (C=O) groups excluding carboxylic acids is 1. The molecule has 0 unspecified atom stereocenters. The van der Waals surface area contributed by atoms with Crippen LogP contribution in [0.4, 0.5) is 0 Å². The van der Waals surface area contributed by atoms with Crippen LogP contribution in [0.5, 0.6) is 0 Å². The van der Waals surface area contributed by atoms with Gasteiger partial charge in [-0.3, -0.25) is 9.69 Å². The van der Waals surface area contributed by atoms with E-state index in [0.29, 0.717) is 21.2 Å². The van der Waals surface area contributed by atoms with Crippen LogP contribution in [0.25, 0.3) is 0 Å². The lowest BCUT2D eigenvalue weighted by Crippen LogP contribution is -2.42. The molecule has 1 amide bonds. The summed E-state index contributed by atoms with van der Waals surface area (Å²) >= 11 is 12.4. The minimum atomic E-state index is -3.42. The van der Waals surface area contributed by atoms with Gasteiger partial charge in [-0.1, -0.05) is 36.2 Å². The molecule has 0 saturated carbocycles. The van der Waals surface area contributed by atoms with Crippen LogP contribution in [0.1, 0.15) is 28.4 Å². The van der Waals surface area contributed by atoms with Crippen molar-refractivity contribution in [1.29, 1.82) is 0 Å². The topological polar surface area (TPSA) is 78.5 Å². The standard InChI is InChI=1S/C21H25Cl2N3O3S/c1-2-30(28,29)20-6-5-18(22)11-17(20)13-25-21(27)15-3-4-16(19(23)12-15)14-26-9-7-24-8-10-26/h3-6,11-12,24H,2,7-10,13-14H2,1H3,(H,25,27). The van der Waals surface area contributed by atoms with E-state index in [-0.39, 0.29) is 23.1 Å². The number of nitrogens with zero attached hydrogens (tertiary/aromatic N) is 1. The molecule has 0 atom stereocenters. The summed E-state index contributed by atoms with van der Waals surface area (Å²) in [4.78, 5) is 15.1. The number of hydrogen-bond donors (Lipinski definition) is 2. The number of benzene rings is 2. The fourth-order valence-corrected chi connectivity index (χ4v) is 4.90. The van der Waals surface area contributed by atoms with Crippen molar-refractivity contribution in [2.75, 3.05) is 31.9 Å². The van der Waals surface area contributed by atoms with E-state index in [1.807, 2.05) is 6.07 Å². The molecule has 9 heteroatoms. The molecule has 1 aliphatic heterocycles. The third kappa shape index (κ3) is 5.74. The number of halogens is 2. The molecule has 0 radical (unpaired) electrons. The number of sulfone groups is 1. The van der Waals surface area contributed by atoms with E-state index >= 15 is 0 Å². The molecule has 0 aliphatic carbocycles. The Morgan fingerprint density at radius 1 is 1.10 bits per heavy atom. The van der Waals surface area contributed by atoms with Crippen LogP contribution in [0.3, 0.4) is 0 Å². The largest absolute Gasteiger partial charge is 0.348 e. The van der Waals surface area contributed by atoms with Gasteiger partial charge in [0.25, 0.3) is 5.91 Å². The van der Waals surface area contributed by atoms with Crippen LogP contribution in [0.15, 0.2) is 41.3 Å². The Bertz CT molecular complexity index is 1020. The van der Waals surface area contributed by atoms with E-state index in [2.05, 4.69) is 15.5 Å². The molecule has 1 saturated heterocycles. The van der Waals surface area contributed by atoms with E-state index in [9.17, 15) is 13.2 Å². The van der Waals surface area contributed by atoms with Crippen molar-refractivity contribution in [2.24, 2.45) is 0 Å². The van der Waals surface area contributed by atoms with Crippen molar-refractivity contribution in [3.8, 4) is 0 Å². The summed E-state index contributed by atoms with van der Waals surface area (Å²) in [6.07, 6.45) is 0. The van der Waals surface area contributed by atoms with Gasteiger partial charge < -0.3 is 10.6 Å². The molecule has 6 nitrogen and oxygen atoms in total. The third-order valence-corrected chi connectivity index (χ3v) is 7.51. The van der Waals surface area contributed by atoms with E-state index in [1.54, 1.807) is 25.1 Å². The van der Waals surface area contributed by atoms with Crippen molar-refractivity contribution >= 4 is 38.9 Å². The van der Waals surface area contributed by atoms with Gasteiger partial charge in [0.1, 0.15) is 0 Å². The monoisotopic (exact) mass is 469 g/mol. The number of nitrogens with one attached hydrogen (secondary N) is 2. The Morgan fingerprint density at radius 2 is 1.83 bits per heavy atom. The number of amides is 1. The van der Waals surface area contributed by atoms with E-state index in [4.69, 9.17) is 23.2 Å². The van der Waals surface area contributed by atoms with Crippen LogP contribution in [-0.2, 0) is 22.9 Å². The van der Waals surface area contributed by atoms with Gasteiger partial charge in [0.2, 0.25) is 0 Å². The highest BCUT2D eigenvalue weighted by atomic mass is 35.5. The minimum Gasteiger partial charge on any atom is -0.348 e. The molecule has 1 fully saturated rings. The van der Waals surface area contributed by atoms with E-state index in [1.165, 1.54) is 12.1 Å². The first-order valence-corrected chi connectivity index (χ1v) is 12.2. The Hall–Kier alpha value is -1.64. The Morgan fingerprint density at radius 3 is 2.50 bits per heavy atom. The maximum atomic E-state index is 12.6. The fourth-order valence-electron chi connectivity index (χ4n) is 3.35. The number of piperazine rings is 1. The molecular formula is C21H25Cl2N3O3S. The summed E-state index contributed by atoms with van der Waals surface area (Å²) in [5, 5.41) is 7.03. The lowest BCUT2D eigenvalue weighted by Gasteiger charge is -2.27. The number of rotatable bonds is 7. The summed E-state index contributed by atoms with van der Waals surface area (Å²) in [5.41, 5.74) is 1.85. The SMILES string of the molecule is CCS(=O)(=O)c1ccc(Cl)cc1CNC(=O)c1ccc(CN2CCNCC2)c(Cl)c1. The van der Waals surface area contributed by atoms with Gasteiger partial charge in [-0.25, -0.2) is 8.42 Å². The van der Waals surface area contributed by atoms with Gasteiger partial charge in [0.05, 0.1) is 10.6 Å². The summed E-state index contributed by atoms with van der Waals surface area (Å²) in [5.74, 6) is -0.356. The summed E-state index contributed by atoms with van der Waals surface area (Å²) in [7, 11) is -3.42. The van der Waals surface area contributed by atoms with Crippen LogP contribution in [0.2, 0.25) is 10.0 Å². The summed E-state index contributed by atoms with van der Waals surface area (Å²) in [6.45, 7) is 6.20. The molecule has 0 aromatic heterocycles. The maximum absolute atomic E-state index is 12.6. The van der Waals surface area contributed by atoms with Gasteiger partial charge in [-0.05, 0) is 41.5 Å². The Kier molecular flexibility index (Phi) is 7.76. The summed E-state index contributed by atoms with van der Waals surface area (Å²) < 4.78 is 24.6. The number of hydrogen-bond acceptors (Lipinski definition) is 5. The first-order valence-electron chi connectivity index (χ1n) is 9.81. The zero-order valence-corrected chi connectivity index (χ0v) is 19.1. The molecule has 2 aromatic rings. The van der Waals surface area contributed by atoms with Gasteiger partial charge in [0, 0.05) is 54.9 Å².